The van der Waals surface area contributed by atoms with Crippen LogP contribution in [0.3, 0.4) is 0 Å². The summed E-state index contributed by atoms with van der Waals surface area (Å²) < 4.78 is 0. The third kappa shape index (κ3) is 1.66. The summed E-state index contributed by atoms with van der Waals surface area (Å²) in [4.78, 5) is 0. The van der Waals surface area contributed by atoms with Crippen LogP contribution in [0.2, 0.25) is 0 Å². The Hall–Kier alpha value is -0.603. The predicted octanol–water partition coefficient (Wildman–Crippen LogP) is 0.00930. The molecule has 0 spiro atoms. The van der Waals surface area contributed by atoms with E-state index in [4.69, 9.17) is 5.73 Å². The van der Waals surface area contributed by atoms with Crippen molar-refractivity contribution >= 4 is 10.2 Å². The van der Waals surface area contributed by atoms with Crippen LogP contribution < -0.4 is 5.73 Å². The molecule has 1 rings (SSSR count). The van der Waals surface area contributed by atoms with E-state index in [2.05, 4.69) is 12.1 Å². The molecule has 1 unspecified atom stereocenters. The zero-order valence-electron chi connectivity index (χ0n) is 5.54. The Balaban J connectivity index is 2.85. The van der Waals surface area contributed by atoms with Crippen LogP contribution in [0.25, 0.3) is 0 Å². The van der Waals surface area contributed by atoms with Crippen LogP contribution in [-0.4, -0.2) is 10.2 Å². The largest absolute Gasteiger partial charge is 0.327 e. The molecule has 1 atom stereocenters. The smallest absolute Gasteiger partial charge is 0.0295 e. The minimum Gasteiger partial charge on any atom is -0.327 e. The van der Waals surface area contributed by atoms with Crippen LogP contribution in [-0.2, 0) is 0 Å². The van der Waals surface area contributed by atoms with Gasteiger partial charge in [0.1, 0.15) is 0 Å². The van der Waals surface area contributed by atoms with Gasteiger partial charge in [0.2, 0.25) is 0 Å². The molecule has 2 heteroatoms. The zero-order valence-corrected chi connectivity index (χ0v) is 7.54. The van der Waals surface area contributed by atoms with Crippen molar-refractivity contribution in [3.8, 4) is 0 Å². The van der Waals surface area contributed by atoms with Crippen molar-refractivity contribution in [2.24, 2.45) is 5.73 Å². The maximum absolute atomic E-state index is 5.68. The fourth-order valence-corrected chi connectivity index (χ4v) is 1.14. The van der Waals surface area contributed by atoms with Crippen LogP contribution in [0, 0.1) is 0 Å². The summed E-state index contributed by atoms with van der Waals surface area (Å²) in [6.07, 6.45) is 0. The molecule has 1 aromatic carbocycles. The third-order valence-corrected chi connectivity index (χ3v) is 1.99. The average molecular weight is 137 g/mol. The summed E-state index contributed by atoms with van der Waals surface area (Å²) in [5.74, 6) is 0. The Bertz CT molecular complexity index is 172. The molecule has 0 saturated heterocycles. The van der Waals surface area contributed by atoms with E-state index in [0.717, 1.165) is 10.2 Å². The Morgan fingerprint density at radius 1 is 1.22 bits per heavy atom. The van der Waals surface area contributed by atoms with Crippen LogP contribution in [0.5, 0.6) is 0 Å². The van der Waals surface area contributed by atoms with Crippen molar-refractivity contribution in [3.63, 3.8) is 0 Å². The molecule has 0 aliphatic heterocycles. The van der Waals surface area contributed by atoms with E-state index in [1.54, 1.807) is 0 Å². The topological polar surface area (TPSA) is 26.0 Å². The standard InChI is InChI=1S/C7H11NSi/c8-7(9)6-4-2-1-3-5-6/h1-5,7H,8H2,9H3. The van der Waals surface area contributed by atoms with Crippen LogP contribution in [0.4, 0.5) is 0 Å². The second-order valence-corrected chi connectivity index (χ2v) is 3.44. The van der Waals surface area contributed by atoms with Gasteiger partial charge in [0.25, 0.3) is 0 Å². The van der Waals surface area contributed by atoms with Crippen molar-refractivity contribution in [2.45, 2.75) is 5.67 Å². The lowest BCUT2D eigenvalue weighted by Gasteiger charge is -2.02. The molecule has 0 amide bonds. The fraction of sp³-hybridized carbons (Fsp3) is 0.143. The Kier molecular flexibility index (Phi) is 2.03. The van der Waals surface area contributed by atoms with Crippen molar-refractivity contribution in [1.29, 1.82) is 0 Å². The van der Waals surface area contributed by atoms with Gasteiger partial charge in [0.15, 0.2) is 0 Å². The molecular weight excluding hydrogens is 126 g/mol. The van der Waals surface area contributed by atoms with Crippen LogP contribution in [0.1, 0.15) is 11.2 Å². The highest BCUT2D eigenvalue weighted by molar-refractivity contribution is 6.11. The normalized spacial score (nSPS) is 13.4. The maximum atomic E-state index is 5.68. The van der Waals surface area contributed by atoms with Gasteiger partial charge in [-0.2, -0.15) is 0 Å². The van der Waals surface area contributed by atoms with Crippen molar-refractivity contribution in [2.75, 3.05) is 0 Å². The minimum absolute atomic E-state index is 0.297. The second kappa shape index (κ2) is 2.80. The first-order valence-electron chi connectivity index (χ1n) is 3.11. The highest BCUT2D eigenvalue weighted by atomic mass is 28.1. The first-order chi connectivity index (χ1) is 4.30. The molecule has 0 aromatic heterocycles. The summed E-state index contributed by atoms with van der Waals surface area (Å²) >= 11 is 0. The molecule has 2 N–H and O–H groups in total. The molecule has 48 valence electrons. The van der Waals surface area contributed by atoms with Crippen molar-refractivity contribution in [3.05, 3.63) is 35.9 Å². The number of benzene rings is 1. The van der Waals surface area contributed by atoms with Crippen LogP contribution in [0.15, 0.2) is 30.3 Å². The summed E-state index contributed by atoms with van der Waals surface area (Å²) in [5.41, 5.74) is 7.23. The zero-order chi connectivity index (χ0) is 6.69. The average Bonchev–Trinajstić information content (AvgIpc) is 1.90. The monoisotopic (exact) mass is 137 g/mol. The third-order valence-electron chi connectivity index (χ3n) is 1.33. The first-order valence-corrected chi connectivity index (χ1v) is 4.26. The first kappa shape index (κ1) is 6.52. The van der Waals surface area contributed by atoms with Gasteiger partial charge in [-0.3, -0.25) is 0 Å². The molecule has 0 saturated carbocycles. The van der Waals surface area contributed by atoms with E-state index in [1.165, 1.54) is 5.56 Å². The van der Waals surface area contributed by atoms with Gasteiger partial charge in [-0.25, -0.2) is 0 Å². The van der Waals surface area contributed by atoms with E-state index in [9.17, 15) is 0 Å². The van der Waals surface area contributed by atoms with Gasteiger partial charge in [0.05, 0.1) is 0 Å². The van der Waals surface area contributed by atoms with E-state index in [-0.39, 0.29) is 0 Å². The lowest BCUT2D eigenvalue weighted by molar-refractivity contribution is 1.02. The van der Waals surface area contributed by atoms with Gasteiger partial charge in [-0.05, 0) is 5.56 Å². The van der Waals surface area contributed by atoms with E-state index >= 15 is 0 Å². The highest BCUT2D eigenvalue weighted by Crippen LogP contribution is 2.03. The number of hydrogen-bond donors (Lipinski definition) is 1. The Morgan fingerprint density at radius 3 is 2.11 bits per heavy atom. The Morgan fingerprint density at radius 2 is 1.78 bits per heavy atom. The van der Waals surface area contributed by atoms with Gasteiger partial charge < -0.3 is 5.73 Å². The Labute approximate surface area is 58.3 Å². The molecule has 1 aromatic rings. The highest BCUT2D eigenvalue weighted by Gasteiger charge is 1.93. The van der Waals surface area contributed by atoms with Gasteiger partial charge in [-0.15, -0.1) is 0 Å². The molecule has 0 aliphatic carbocycles. The molecule has 0 heterocycles. The predicted molar refractivity (Wildman–Crippen MR) is 43.3 cm³/mol. The number of rotatable bonds is 1. The summed E-state index contributed by atoms with van der Waals surface area (Å²) in [6.45, 7) is 0. The van der Waals surface area contributed by atoms with E-state index in [0.29, 0.717) is 5.67 Å². The molecular formula is C7H11NSi. The second-order valence-electron chi connectivity index (χ2n) is 2.20. The number of nitrogens with two attached hydrogens (primary N) is 1. The van der Waals surface area contributed by atoms with Crippen LogP contribution >= 0.6 is 0 Å². The summed E-state index contributed by atoms with van der Waals surface area (Å²) in [6, 6.07) is 10.2. The van der Waals surface area contributed by atoms with Gasteiger partial charge >= 0.3 is 0 Å². The van der Waals surface area contributed by atoms with E-state index < -0.39 is 0 Å². The summed E-state index contributed by atoms with van der Waals surface area (Å²) in [5, 5.41) is 0. The molecule has 0 bridgehead atoms. The SMILES string of the molecule is NC([SiH3])c1ccccc1. The molecule has 0 aliphatic rings. The fourth-order valence-electron chi connectivity index (χ4n) is 0.757. The minimum atomic E-state index is 0.297. The molecule has 9 heavy (non-hydrogen) atoms. The maximum Gasteiger partial charge on any atom is 0.0295 e. The molecule has 0 radical (unpaired) electrons. The quantitative estimate of drug-likeness (QED) is 0.542. The van der Waals surface area contributed by atoms with E-state index in [1.807, 2.05) is 18.2 Å². The lowest BCUT2D eigenvalue weighted by Crippen LogP contribution is -2.08. The lowest BCUT2D eigenvalue weighted by atomic mass is 10.2. The van der Waals surface area contributed by atoms with Gasteiger partial charge in [0, 0.05) is 15.9 Å². The van der Waals surface area contributed by atoms with Crippen molar-refractivity contribution < 1.29 is 0 Å². The number of hydrogen-bond acceptors (Lipinski definition) is 1. The summed E-state index contributed by atoms with van der Waals surface area (Å²) in [7, 11) is 1.03. The van der Waals surface area contributed by atoms with Gasteiger partial charge in [-0.1, -0.05) is 30.3 Å². The van der Waals surface area contributed by atoms with Crippen molar-refractivity contribution in [1.82, 2.24) is 0 Å². The molecule has 1 nitrogen and oxygen atoms in total. The molecule has 0 fully saturated rings.